The van der Waals surface area contributed by atoms with Crippen LogP contribution in [0.15, 0.2) is 47.6 Å². The first kappa shape index (κ1) is 23.6. The van der Waals surface area contributed by atoms with E-state index in [-0.39, 0.29) is 49.2 Å². The molecule has 1 aliphatic rings. The average molecular weight is 450 g/mol. The van der Waals surface area contributed by atoms with Gasteiger partial charge < -0.3 is 15.4 Å². The van der Waals surface area contributed by atoms with E-state index in [1.54, 1.807) is 24.3 Å². The van der Waals surface area contributed by atoms with Crippen molar-refractivity contribution in [1.29, 1.82) is 0 Å². The first-order valence-corrected chi connectivity index (χ1v) is 10.5. The van der Waals surface area contributed by atoms with Crippen LogP contribution in [-0.2, 0) is 30.3 Å². The van der Waals surface area contributed by atoms with E-state index in [0.29, 0.717) is 11.4 Å². The topological polar surface area (TPSA) is 117 Å². The molecule has 2 aromatic carbocycles. The summed E-state index contributed by atoms with van der Waals surface area (Å²) in [6.45, 7) is 3.64. The molecule has 2 N–H and O–H groups in total. The predicted octanol–water partition coefficient (Wildman–Crippen LogP) is 2.26. The summed E-state index contributed by atoms with van der Waals surface area (Å²) in [4.78, 5) is 48.2. The molecule has 33 heavy (non-hydrogen) atoms. The lowest BCUT2D eigenvalue weighted by atomic mass is 10.1. The van der Waals surface area contributed by atoms with E-state index >= 15 is 0 Å². The Bertz CT molecular complexity index is 1110. The van der Waals surface area contributed by atoms with Gasteiger partial charge >= 0.3 is 5.97 Å². The van der Waals surface area contributed by atoms with E-state index in [1.807, 2.05) is 32.0 Å². The van der Waals surface area contributed by atoms with Crippen LogP contribution in [0.25, 0.3) is 0 Å². The molecule has 9 heteroatoms. The third-order valence-corrected chi connectivity index (χ3v) is 5.12. The highest BCUT2D eigenvalue weighted by Gasteiger charge is 2.26. The van der Waals surface area contributed by atoms with E-state index in [2.05, 4.69) is 20.5 Å². The van der Waals surface area contributed by atoms with E-state index < -0.39 is 5.97 Å². The quantitative estimate of drug-likeness (QED) is 0.628. The van der Waals surface area contributed by atoms with Crippen LogP contribution in [0.1, 0.15) is 29.5 Å². The lowest BCUT2D eigenvalue weighted by molar-refractivity contribution is -0.141. The zero-order chi connectivity index (χ0) is 24.0. The van der Waals surface area contributed by atoms with Gasteiger partial charge in [0, 0.05) is 18.5 Å². The van der Waals surface area contributed by atoms with E-state index in [0.717, 1.165) is 16.7 Å². The largest absolute Gasteiger partial charge is 0.468 e. The molecule has 0 atom stereocenters. The second-order valence-electron chi connectivity index (χ2n) is 7.72. The molecule has 0 saturated carbocycles. The lowest BCUT2D eigenvalue weighted by Crippen LogP contribution is -2.36. The molecule has 2 aromatic rings. The molecule has 0 radical (unpaired) electrons. The standard InChI is InChI=1S/C24H26N4O5/c1-15-4-5-16(2)20(12-15)28-22(30)11-10-19(27-28)24(32)26-18-8-6-17(7-9-18)13-21(29)25-14-23(31)33-3/h4-9,12H,10-11,13-14H2,1-3H3,(H,25,29)(H,26,32). The van der Waals surface area contributed by atoms with Crippen LogP contribution in [0.3, 0.4) is 0 Å². The van der Waals surface area contributed by atoms with Crippen LogP contribution in [0, 0.1) is 13.8 Å². The summed E-state index contributed by atoms with van der Waals surface area (Å²) in [5, 5.41) is 10.9. The average Bonchev–Trinajstić information content (AvgIpc) is 2.80. The van der Waals surface area contributed by atoms with Gasteiger partial charge in [-0.05, 0) is 48.7 Å². The smallest absolute Gasteiger partial charge is 0.325 e. The van der Waals surface area contributed by atoms with Crippen molar-refractivity contribution in [2.24, 2.45) is 5.10 Å². The number of aryl methyl sites for hydroxylation is 2. The number of nitrogens with zero attached hydrogens (tertiary/aromatic N) is 2. The molecule has 0 saturated heterocycles. The minimum absolute atomic E-state index is 0.0881. The lowest BCUT2D eigenvalue weighted by Gasteiger charge is -2.24. The SMILES string of the molecule is COC(=O)CNC(=O)Cc1ccc(NC(=O)C2=NN(c3cc(C)ccc3C)C(=O)CC2)cc1. The number of ether oxygens (including phenoxy) is 1. The monoisotopic (exact) mass is 450 g/mol. The Hall–Kier alpha value is -4.01. The maximum absolute atomic E-state index is 12.8. The van der Waals surface area contributed by atoms with Gasteiger partial charge in [-0.1, -0.05) is 24.3 Å². The molecule has 0 aliphatic carbocycles. The minimum Gasteiger partial charge on any atom is -0.468 e. The van der Waals surface area contributed by atoms with Crippen LogP contribution in [0.2, 0.25) is 0 Å². The van der Waals surface area contributed by atoms with E-state index in [4.69, 9.17) is 0 Å². The van der Waals surface area contributed by atoms with Gasteiger partial charge in [-0.25, -0.2) is 5.01 Å². The van der Waals surface area contributed by atoms with Crippen molar-refractivity contribution >= 4 is 40.8 Å². The number of carbonyl (C=O) groups is 4. The third-order valence-electron chi connectivity index (χ3n) is 5.12. The fraction of sp³-hybridized carbons (Fsp3) is 0.292. The van der Waals surface area contributed by atoms with Crippen LogP contribution >= 0.6 is 0 Å². The van der Waals surface area contributed by atoms with Gasteiger partial charge in [-0.3, -0.25) is 19.2 Å². The van der Waals surface area contributed by atoms with Gasteiger partial charge in [0.25, 0.3) is 5.91 Å². The summed E-state index contributed by atoms with van der Waals surface area (Å²) >= 11 is 0. The number of rotatable bonds is 7. The molecule has 0 bridgehead atoms. The molecule has 1 heterocycles. The fourth-order valence-corrected chi connectivity index (χ4v) is 3.25. The minimum atomic E-state index is -0.523. The van der Waals surface area contributed by atoms with Crippen molar-refractivity contribution in [3.05, 3.63) is 59.2 Å². The molecule has 1 aliphatic heterocycles. The molecule has 172 valence electrons. The number of anilines is 2. The summed E-state index contributed by atoms with van der Waals surface area (Å²) in [6.07, 6.45) is 0.536. The molecule has 0 aromatic heterocycles. The molecule has 9 nitrogen and oxygen atoms in total. The van der Waals surface area contributed by atoms with E-state index in [1.165, 1.54) is 12.1 Å². The zero-order valence-corrected chi connectivity index (χ0v) is 18.8. The van der Waals surface area contributed by atoms with Gasteiger partial charge in [0.05, 0.1) is 19.2 Å². The predicted molar refractivity (Wildman–Crippen MR) is 124 cm³/mol. The Kier molecular flexibility index (Phi) is 7.55. The Balaban J connectivity index is 1.64. The molecular formula is C24H26N4O5. The molecule has 0 unspecified atom stereocenters. The molecule has 3 rings (SSSR count). The summed E-state index contributed by atoms with van der Waals surface area (Å²) in [6, 6.07) is 12.5. The number of amides is 3. The van der Waals surface area contributed by atoms with Crippen LogP contribution in [-0.4, -0.2) is 43.1 Å². The first-order chi connectivity index (χ1) is 15.8. The Morgan fingerprint density at radius 3 is 2.48 bits per heavy atom. The summed E-state index contributed by atoms with van der Waals surface area (Å²) in [7, 11) is 1.25. The van der Waals surface area contributed by atoms with Crippen molar-refractivity contribution in [2.75, 3.05) is 24.0 Å². The van der Waals surface area contributed by atoms with Crippen LogP contribution < -0.4 is 15.6 Å². The van der Waals surface area contributed by atoms with Crippen LogP contribution in [0.5, 0.6) is 0 Å². The maximum atomic E-state index is 12.8. The second-order valence-corrected chi connectivity index (χ2v) is 7.72. The van der Waals surface area contributed by atoms with E-state index in [9.17, 15) is 19.2 Å². The van der Waals surface area contributed by atoms with Gasteiger partial charge in [0.15, 0.2) is 0 Å². The number of hydrazone groups is 1. The molecule has 0 spiro atoms. The van der Waals surface area contributed by atoms with Gasteiger partial charge in [0.1, 0.15) is 12.3 Å². The Morgan fingerprint density at radius 1 is 1.06 bits per heavy atom. The normalized spacial score (nSPS) is 13.2. The maximum Gasteiger partial charge on any atom is 0.325 e. The van der Waals surface area contributed by atoms with Crippen LogP contribution in [0.4, 0.5) is 11.4 Å². The third kappa shape index (κ3) is 6.25. The Labute approximate surface area is 191 Å². The van der Waals surface area contributed by atoms with Gasteiger partial charge in [0.2, 0.25) is 11.8 Å². The highest BCUT2D eigenvalue weighted by atomic mass is 16.5. The second kappa shape index (κ2) is 10.5. The first-order valence-electron chi connectivity index (χ1n) is 10.5. The van der Waals surface area contributed by atoms with Crippen molar-refractivity contribution in [3.63, 3.8) is 0 Å². The number of methoxy groups -OCH3 is 1. The number of carbonyl (C=O) groups excluding carboxylic acids is 4. The van der Waals surface area contributed by atoms with Crippen molar-refractivity contribution in [2.45, 2.75) is 33.1 Å². The molecule has 0 fully saturated rings. The number of nitrogens with one attached hydrogen (secondary N) is 2. The molecule has 3 amide bonds. The number of hydrogen-bond acceptors (Lipinski definition) is 6. The van der Waals surface area contributed by atoms with Gasteiger partial charge in [-0.2, -0.15) is 5.10 Å². The van der Waals surface area contributed by atoms with Crippen molar-refractivity contribution in [3.8, 4) is 0 Å². The fourth-order valence-electron chi connectivity index (χ4n) is 3.25. The summed E-state index contributed by atoms with van der Waals surface area (Å²) in [5.41, 5.74) is 4.08. The number of esters is 1. The van der Waals surface area contributed by atoms with Crippen molar-refractivity contribution in [1.82, 2.24) is 5.32 Å². The highest BCUT2D eigenvalue weighted by Crippen LogP contribution is 2.25. The number of benzene rings is 2. The number of hydrogen-bond donors (Lipinski definition) is 2. The Morgan fingerprint density at radius 2 is 1.79 bits per heavy atom. The summed E-state index contributed by atoms with van der Waals surface area (Å²) < 4.78 is 4.48. The molecular weight excluding hydrogens is 424 g/mol. The zero-order valence-electron chi connectivity index (χ0n) is 18.8. The van der Waals surface area contributed by atoms with Gasteiger partial charge in [-0.15, -0.1) is 0 Å². The summed E-state index contributed by atoms with van der Waals surface area (Å²) in [5.74, 6) is -1.38. The van der Waals surface area contributed by atoms with Crippen molar-refractivity contribution < 1.29 is 23.9 Å². The highest BCUT2D eigenvalue weighted by molar-refractivity contribution is 6.44.